The summed E-state index contributed by atoms with van der Waals surface area (Å²) in [6, 6.07) is 0.517. The monoisotopic (exact) mass is 218 g/mol. The molecule has 82 valence electrons. The number of carbonyl (C=O) groups is 1. The Morgan fingerprint density at radius 2 is 2.29 bits per heavy atom. The van der Waals surface area contributed by atoms with E-state index in [4.69, 9.17) is 11.6 Å². The summed E-state index contributed by atoms with van der Waals surface area (Å²) in [6.45, 7) is 1.77. The predicted molar refractivity (Wildman–Crippen MR) is 58.6 cm³/mol. The number of hydrogen-bond donors (Lipinski definition) is 0. The molecule has 0 N–H and O–H groups in total. The standard InChI is InChI=1S/C10H19ClN2O/c1-12(2)9-4-3-7-13(8-9)10(14)5-6-11/h9H,3-8H2,1-2H3. The summed E-state index contributed by atoms with van der Waals surface area (Å²) in [7, 11) is 4.14. The third kappa shape index (κ3) is 3.14. The third-order valence-electron chi connectivity index (χ3n) is 2.79. The van der Waals surface area contributed by atoms with Gasteiger partial charge >= 0.3 is 0 Å². The third-order valence-corrected chi connectivity index (χ3v) is 2.98. The molecule has 0 bridgehead atoms. The second-order valence-electron chi connectivity index (χ2n) is 4.04. The van der Waals surface area contributed by atoms with E-state index < -0.39 is 0 Å². The molecule has 0 aromatic heterocycles. The summed E-state index contributed by atoms with van der Waals surface area (Å²) in [5, 5.41) is 0. The van der Waals surface area contributed by atoms with Gasteiger partial charge in [0.05, 0.1) is 0 Å². The highest BCUT2D eigenvalue weighted by molar-refractivity contribution is 6.18. The Labute approximate surface area is 91.0 Å². The van der Waals surface area contributed by atoms with Crippen molar-refractivity contribution in [1.29, 1.82) is 0 Å². The molecule has 1 atom stereocenters. The summed E-state index contributed by atoms with van der Waals surface area (Å²) < 4.78 is 0. The lowest BCUT2D eigenvalue weighted by Crippen LogP contribution is -2.47. The fourth-order valence-corrected chi connectivity index (χ4v) is 2.00. The van der Waals surface area contributed by atoms with Gasteiger partial charge in [-0.1, -0.05) is 0 Å². The highest BCUT2D eigenvalue weighted by atomic mass is 35.5. The van der Waals surface area contributed by atoms with Gasteiger partial charge in [-0.15, -0.1) is 11.6 Å². The van der Waals surface area contributed by atoms with Crippen molar-refractivity contribution >= 4 is 17.5 Å². The van der Waals surface area contributed by atoms with Crippen LogP contribution in [0.3, 0.4) is 0 Å². The normalized spacial score (nSPS) is 22.9. The summed E-state index contributed by atoms with van der Waals surface area (Å²) >= 11 is 5.56. The molecule has 3 nitrogen and oxygen atoms in total. The van der Waals surface area contributed by atoms with Gasteiger partial charge in [-0.05, 0) is 26.9 Å². The quantitative estimate of drug-likeness (QED) is 0.664. The Hall–Kier alpha value is -0.280. The topological polar surface area (TPSA) is 23.6 Å². The molecule has 14 heavy (non-hydrogen) atoms. The molecule has 1 unspecified atom stereocenters. The van der Waals surface area contributed by atoms with E-state index in [0.717, 1.165) is 19.5 Å². The highest BCUT2D eigenvalue weighted by Crippen LogP contribution is 2.14. The molecule has 0 aliphatic carbocycles. The van der Waals surface area contributed by atoms with E-state index in [1.807, 2.05) is 4.90 Å². The Balaban J connectivity index is 2.43. The van der Waals surface area contributed by atoms with Gasteiger partial charge in [0.15, 0.2) is 0 Å². The fourth-order valence-electron chi connectivity index (χ4n) is 1.84. The maximum absolute atomic E-state index is 11.6. The number of carbonyl (C=O) groups excluding carboxylic acids is 1. The molecular formula is C10H19ClN2O. The number of likely N-dealkylation sites (N-methyl/N-ethyl adjacent to an activating group) is 1. The first-order valence-electron chi connectivity index (χ1n) is 5.15. The van der Waals surface area contributed by atoms with Crippen molar-refractivity contribution in [2.24, 2.45) is 0 Å². The van der Waals surface area contributed by atoms with E-state index in [9.17, 15) is 4.79 Å². The summed E-state index contributed by atoms with van der Waals surface area (Å²) in [6.07, 6.45) is 2.77. The van der Waals surface area contributed by atoms with E-state index in [2.05, 4.69) is 19.0 Å². The van der Waals surface area contributed by atoms with Crippen LogP contribution in [0, 0.1) is 0 Å². The van der Waals surface area contributed by atoms with E-state index in [0.29, 0.717) is 18.3 Å². The van der Waals surface area contributed by atoms with Crippen LogP contribution in [0.4, 0.5) is 0 Å². The molecule has 1 saturated heterocycles. The van der Waals surface area contributed by atoms with Gasteiger partial charge in [0, 0.05) is 31.4 Å². The van der Waals surface area contributed by atoms with Crippen LogP contribution in [0.1, 0.15) is 19.3 Å². The summed E-state index contributed by atoms with van der Waals surface area (Å²) in [5.41, 5.74) is 0. The molecular weight excluding hydrogens is 200 g/mol. The van der Waals surface area contributed by atoms with E-state index in [-0.39, 0.29) is 5.91 Å². The van der Waals surface area contributed by atoms with Crippen molar-refractivity contribution in [3.63, 3.8) is 0 Å². The number of amides is 1. The van der Waals surface area contributed by atoms with Crippen LogP contribution < -0.4 is 0 Å². The smallest absolute Gasteiger partial charge is 0.223 e. The van der Waals surface area contributed by atoms with Crippen molar-refractivity contribution in [3.8, 4) is 0 Å². The van der Waals surface area contributed by atoms with Crippen LogP contribution in [-0.2, 0) is 4.79 Å². The van der Waals surface area contributed by atoms with Crippen molar-refractivity contribution < 1.29 is 4.79 Å². The molecule has 1 amide bonds. The second-order valence-corrected chi connectivity index (χ2v) is 4.42. The second kappa shape index (κ2) is 5.56. The highest BCUT2D eigenvalue weighted by Gasteiger charge is 2.23. The van der Waals surface area contributed by atoms with Crippen LogP contribution in [0.25, 0.3) is 0 Å². The first-order chi connectivity index (χ1) is 6.65. The number of nitrogens with zero attached hydrogens (tertiary/aromatic N) is 2. The lowest BCUT2D eigenvalue weighted by molar-refractivity contribution is -0.132. The zero-order valence-electron chi connectivity index (χ0n) is 9.00. The Kier molecular flexibility index (Phi) is 4.69. The number of rotatable bonds is 3. The number of hydrogen-bond acceptors (Lipinski definition) is 2. The first-order valence-corrected chi connectivity index (χ1v) is 5.68. The van der Waals surface area contributed by atoms with Gasteiger partial charge in [-0.3, -0.25) is 4.79 Å². The van der Waals surface area contributed by atoms with Gasteiger partial charge in [-0.25, -0.2) is 0 Å². The van der Waals surface area contributed by atoms with Crippen molar-refractivity contribution in [1.82, 2.24) is 9.80 Å². The zero-order chi connectivity index (χ0) is 10.6. The molecule has 0 saturated carbocycles. The van der Waals surface area contributed by atoms with Crippen molar-refractivity contribution in [3.05, 3.63) is 0 Å². The van der Waals surface area contributed by atoms with Crippen LogP contribution in [0.15, 0.2) is 0 Å². The van der Waals surface area contributed by atoms with Gasteiger partial charge in [-0.2, -0.15) is 0 Å². The van der Waals surface area contributed by atoms with Gasteiger partial charge in [0.2, 0.25) is 5.91 Å². The number of piperidine rings is 1. The molecule has 1 aliphatic heterocycles. The summed E-state index contributed by atoms with van der Waals surface area (Å²) in [5.74, 6) is 0.633. The Morgan fingerprint density at radius 1 is 1.57 bits per heavy atom. The molecule has 1 heterocycles. The molecule has 1 rings (SSSR count). The molecule has 0 spiro atoms. The van der Waals surface area contributed by atoms with Crippen LogP contribution in [-0.4, -0.2) is 54.8 Å². The predicted octanol–water partition coefficient (Wildman–Crippen LogP) is 1.17. The maximum atomic E-state index is 11.6. The fraction of sp³-hybridized carbons (Fsp3) is 0.900. The van der Waals surface area contributed by atoms with E-state index in [1.165, 1.54) is 6.42 Å². The van der Waals surface area contributed by atoms with Crippen LogP contribution in [0.2, 0.25) is 0 Å². The molecule has 0 aromatic carbocycles. The van der Waals surface area contributed by atoms with Crippen molar-refractivity contribution in [2.45, 2.75) is 25.3 Å². The first kappa shape index (κ1) is 11.8. The maximum Gasteiger partial charge on any atom is 0.223 e. The number of halogens is 1. The lowest BCUT2D eigenvalue weighted by Gasteiger charge is -2.36. The largest absolute Gasteiger partial charge is 0.341 e. The average molecular weight is 219 g/mol. The molecule has 1 fully saturated rings. The minimum absolute atomic E-state index is 0.201. The van der Waals surface area contributed by atoms with Gasteiger partial charge < -0.3 is 9.80 Å². The molecule has 0 radical (unpaired) electrons. The van der Waals surface area contributed by atoms with Crippen molar-refractivity contribution in [2.75, 3.05) is 33.1 Å². The average Bonchev–Trinajstić information content (AvgIpc) is 2.18. The van der Waals surface area contributed by atoms with E-state index in [1.54, 1.807) is 0 Å². The molecule has 4 heteroatoms. The number of alkyl halides is 1. The van der Waals surface area contributed by atoms with Gasteiger partial charge in [0.1, 0.15) is 0 Å². The SMILES string of the molecule is CN(C)C1CCCN(C(=O)CCCl)C1. The van der Waals surface area contributed by atoms with Gasteiger partial charge in [0.25, 0.3) is 0 Å². The number of likely N-dealkylation sites (tertiary alicyclic amines) is 1. The Bertz CT molecular complexity index is 197. The lowest BCUT2D eigenvalue weighted by atomic mass is 10.0. The molecule has 0 aromatic rings. The Morgan fingerprint density at radius 3 is 2.86 bits per heavy atom. The molecule has 1 aliphatic rings. The summed E-state index contributed by atoms with van der Waals surface area (Å²) in [4.78, 5) is 15.7. The van der Waals surface area contributed by atoms with E-state index >= 15 is 0 Å². The van der Waals surface area contributed by atoms with Crippen LogP contribution in [0.5, 0.6) is 0 Å². The minimum Gasteiger partial charge on any atom is -0.341 e. The minimum atomic E-state index is 0.201. The zero-order valence-corrected chi connectivity index (χ0v) is 9.76. The van der Waals surface area contributed by atoms with Crippen LogP contribution >= 0.6 is 11.6 Å².